The van der Waals surface area contributed by atoms with Gasteiger partial charge in [-0.3, -0.25) is 9.59 Å². The highest BCUT2D eigenvalue weighted by Crippen LogP contribution is 2.00. The topological polar surface area (TPSA) is 66.4 Å². The third-order valence-corrected chi connectivity index (χ3v) is 1.66. The first kappa shape index (κ1) is 13.0. The van der Waals surface area contributed by atoms with E-state index in [2.05, 4.69) is 11.9 Å². The van der Waals surface area contributed by atoms with Crippen LogP contribution in [0.1, 0.15) is 25.7 Å². The molecule has 80 valence electrons. The van der Waals surface area contributed by atoms with Crippen molar-refractivity contribution in [2.24, 2.45) is 0 Å². The van der Waals surface area contributed by atoms with E-state index >= 15 is 0 Å². The molecule has 0 aromatic rings. The van der Waals surface area contributed by atoms with Gasteiger partial charge in [-0.2, -0.15) is 0 Å². The van der Waals surface area contributed by atoms with Crippen molar-refractivity contribution in [3.63, 3.8) is 0 Å². The molecule has 5 heteroatoms. The van der Waals surface area contributed by atoms with E-state index in [4.69, 9.17) is 16.7 Å². The maximum absolute atomic E-state index is 11.0. The van der Waals surface area contributed by atoms with Crippen LogP contribution in [0.3, 0.4) is 0 Å². The minimum Gasteiger partial charge on any atom is -0.481 e. The Labute approximate surface area is 87.9 Å². The highest BCUT2D eigenvalue weighted by atomic mass is 35.5. The number of rotatable bonds is 7. The van der Waals surface area contributed by atoms with Crippen LogP contribution in [0.5, 0.6) is 0 Å². The highest BCUT2D eigenvalue weighted by Gasteiger charge is 2.02. The van der Waals surface area contributed by atoms with E-state index in [1.165, 1.54) is 0 Å². The molecule has 0 saturated heterocycles. The lowest BCUT2D eigenvalue weighted by atomic mass is 10.2. The number of nitrogens with one attached hydrogen (secondary N) is 1. The normalized spacial score (nSPS) is 9.50. The number of halogens is 1. The van der Waals surface area contributed by atoms with Crippen molar-refractivity contribution >= 4 is 23.5 Å². The summed E-state index contributed by atoms with van der Waals surface area (Å²) >= 11 is 5.44. The lowest BCUT2D eigenvalue weighted by molar-refractivity contribution is -0.137. The first-order chi connectivity index (χ1) is 6.52. The van der Waals surface area contributed by atoms with Crippen molar-refractivity contribution < 1.29 is 14.7 Å². The lowest BCUT2D eigenvalue weighted by Gasteiger charge is -2.02. The van der Waals surface area contributed by atoms with Crippen LogP contribution in [0, 0.1) is 0 Å². The Morgan fingerprint density at radius 2 is 1.86 bits per heavy atom. The zero-order chi connectivity index (χ0) is 11.0. The molecule has 0 aliphatic heterocycles. The third kappa shape index (κ3) is 9.06. The first-order valence-electron chi connectivity index (χ1n) is 4.34. The highest BCUT2D eigenvalue weighted by molar-refractivity contribution is 6.29. The van der Waals surface area contributed by atoms with Crippen LogP contribution in [0.15, 0.2) is 11.6 Å². The van der Waals surface area contributed by atoms with Crippen molar-refractivity contribution in [3.05, 3.63) is 11.6 Å². The van der Waals surface area contributed by atoms with Gasteiger partial charge in [-0.15, -0.1) is 0 Å². The van der Waals surface area contributed by atoms with Crippen LogP contribution in [-0.2, 0) is 9.59 Å². The summed E-state index contributed by atoms with van der Waals surface area (Å²) in [5.74, 6) is -0.961. The molecule has 0 aromatic heterocycles. The number of carboxylic acid groups (broad SMARTS) is 1. The van der Waals surface area contributed by atoms with Gasteiger partial charge in [0, 0.05) is 17.9 Å². The largest absolute Gasteiger partial charge is 0.481 e. The van der Waals surface area contributed by atoms with Gasteiger partial charge in [0.15, 0.2) is 0 Å². The molecule has 0 aliphatic carbocycles. The molecule has 0 heterocycles. The van der Waals surface area contributed by atoms with Gasteiger partial charge in [0.25, 0.3) is 0 Å². The summed E-state index contributed by atoms with van der Waals surface area (Å²) in [4.78, 5) is 21.2. The van der Waals surface area contributed by atoms with Gasteiger partial charge >= 0.3 is 5.97 Å². The third-order valence-electron chi connectivity index (χ3n) is 1.52. The average Bonchev–Trinajstić information content (AvgIpc) is 2.08. The van der Waals surface area contributed by atoms with Crippen LogP contribution < -0.4 is 5.32 Å². The molecule has 2 N–H and O–H groups in total. The standard InChI is InChI=1S/C9H14ClNO3/c1-7(10)6-11-8(12)4-2-3-5-9(13)14/h1-6H2,(H,11,12)(H,13,14). The second-order valence-corrected chi connectivity index (χ2v) is 3.43. The van der Waals surface area contributed by atoms with Crippen molar-refractivity contribution in [1.82, 2.24) is 5.32 Å². The van der Waals surface area contributed by atoms with Crippen molar-refractivity contribution in [2.75, 3.05) is 6.54 Å². The van der Waals surface area contributed by atoms with Crippen molar-refractivity contribution in [2.45, 2.75) is 25.7 Å². The van der Waals surface area contributed by atoms with Crippen molar-refractivity contribution in [3.8, 4) is 0 Å². The summed E-state index contributed by atoms with van der Waals surface area (Å²) in [5.41, 5.74) is 0. The lowest BCUT2D eigenvalue weighted by Crippen LogP contribution is -2.23. The molecule has 0 atom stereocenters. The second kappa shape index (κ2) is 7.38. The van der Waals surface area contributed by atoms with Gasteiger partial charge in [-0.25, -0.2) is 0 Å². The molecular weight excluding hydrogens is 206 g/mol. The van der Waals surface area contributed by atoms with Crippen LogP contribution in [-0.4, -0.2) is 23.5 Å². The van der Waals surface area contributed by atoms with Gasteiger partial charge in [0.2, 0.25) is 5.91 Å². The number of unbranched alkanes of at least 4 members (excludes halogenated alkanes) is 1. The summed E-state index contributed by atoms with van der Waals surface area (Å²) < 4.78 is 0. The second-order valence-electron chi connectivity index (χ2n) is 2.89. The number of carbonyl (C=O) groups is 2. The van der Waals surface area contributed by atoms with E-state index in [1.807, 2.05) is 0 Å². The van der Waals surface area contributed by atoms with E-state index in [9.17, 15) is 9.59 Å². The minimum atomic E-state index is -0.834. The molecule has 4 nitrogen and oxygen atoms in total. The fraction of sp³-hybridized carbons (Fsp3) is 0.556. The molecule has 0 aliphatic rings. The Morgan fingerprint density at radius 1 is 1.29 bits per heavy atom. The molecule has 0 aromatic carbocycles. The predicted molar refractivity (Wildman–Crippen MR) is 54.1 cm³/mol. The van der Waals surface area contributed by atoms with Crippen LogP contribution in [0.2, 0.25) is 0 Å². The smallest absolute Gasteiger partial charge is 0.303 e. The summed E-state index contributed by atoms with van der Waals surface area (Å²) in [7, 11) is 0. The maximum atomic E-state index is 11.0. The molecule has 0 saturated carbocycles. The molecule has 0 radical (unpaired) electrons. The SMILES string of the molecule is C=C(Cl)CNC(=O)CCCCC(=O)O. The zero-order valence-corrected chi connectivity index (χ0v) is 8.64. The van der Waals surface area contributed by atoms with Crippen LogP contribution in [0.4, 0.5) is 0 Å². The van der Waals surface area contributed by atoms with Crippen LogP contribution in [0.25, 0.3) is 0 Å². The Kier molecular flexibility index (Phi) is 6.84. The summed E-state index contributed by atoms with van der Waals surface area (Å²) in [6, 6.07) is 0. The van der Waals surface area contributed by atoms with E-state index in [0.29, 0.717) is 24.3 Å². The zero-order valence-electron chi connectivity index (χ0n) is 7.88. The van der Waals surface area contributed by atoms with Gasteiger partial charge in [-0.05, 0) is 12.8 Å². The van der Waals surface area contributed by atoms with E-state index in [1.54, 1.807) is 0 Å². The average molecular weight is 220 g/mol. The fourth-order valence-electron chi connectivity index (χ4n) is 0.845. The van der Waals surface area contributed by atoms with E-state index in [-0.39, 0.29) is 18.9 Å². The molecule has 14 heavy (non-hydrogen) atoms. The molecule has 0 spiro atoms. The number of carbonyl (C=O) groups excluding carboxylic acids is 1. The van der Waals surface area contributed by atoms with Gasteiger partial charge < -0.3 is 10.4 Å². The minimum absolute atomic E-state index is 0.107. The summed E-state index contributed by atoms with van der Waals surface area (Å²) in [5, 5.41) is 11.3. The van der Waals surface area contributed by atoms with Gasteiger partial charge in [0.1, 0.15) is 0 Å². The fourth-order valence-corrected chi connectivity index (χ4v) is 0.911. The molecule has 0 fully saturated rings. The molecule has 0 rings (SSSR count). The Hall–Kier alpha value is -1.03. The molecule has 0 bridgehead atoms. The number of amides is 1. The first-order valence-corrected chi connectivity index (χ1v) is 4.72. The van der Waals surface area contributed by atoms with Gasteiger partial charge in [-0.1, -0.05) is 18.2 Å². The number of carboxylic acids is 1. The summed E-state index contributed by atoms with van der Waals surface area (Å²) in [6.07, 6.45) is 1.53. The molecule has 1 amide bonds. The Morgan fingerprint density at radius 3 is 2.36 bits per heavy atom. The Bertz CT molecular complexity index is 228. The number of hydrogen-bond donors (Lipinski definition) is 2. The summed E-state index contributed by atoms with van der Waals surface area (Å²) in [6.45, 7) is 3.68. The number of hydrogen-bond acceptors (Lipinski definition) is 2. The van der Waals surface area contributed by atoms with Crippen LogP contribution >= 0.6 is 11.6 Å². The quantitative estimate of drug-likeness (QED) is 0.638. The van der Waals surface area contributed by atoms with E-state index in [0.717, 1.165) is 0 Å². The van der Waals surface area contributed by atoms with Crippen molar-refractivity contribution in [1.29, 1.82) is 0 Å². The Balaban J connectivity index is 3.36. The molecule has 0 unspecified atom stereocenters. The number of aliphatic carboxylic acids is 1. The monoisotopic (exact) mass is 219 g/mol. The van der Waals surface area contributed by atoms with Gasteiger partial charge in [0.05, 0.1) is 6.54 Å². The predicted octanol–water partition coefficient (Wildman–Crippen LogP) is 1.50. The van der Waals surface area contributed by atoms with E-state index < -0.39 is 5.97 Å². The molecular formula is C9H14ClNO3. The maximum Gasteiger partial charge on any atom is 0.303 e.